The lowest BCUT2D eigenvalue weighted by Crippen LogP contribution is -2.26. The highest BCUT2D eigenvalue weighted by molar-refractivity contribution is 5.94. The number of nitrogens with one attached hydrogen (secondary N) is 1. The van der Waals surface area contributed by atoms with E-state index in [1.807, 2.05) is 62.3 Å². The van der Waals surface area contributed by atoms with Crippen LogP contribution in [0, 0.1) is 0 Å². The van der Waals surface area contributed by atoms with Gasteiger partial charge in [-0.15, -0.1) is 0 Å². The first kappa shape index (κ1) is 14.1. The Labute approximate surface area is 119 Å². The largest absolute Gasteiger partial charge is 0.363 e. The SMILES string of the molecule is CC(NC(=O)c1ccc(N(C)C)nc1)c1ccccc1. The molecule has 1 aromatic heterocycles. The fourth-order valence-electron chi connectivity index (χ4n) is 1.89. The third-order valence-electron chi connectivity index (χ3n) is 3.12. The van der Waals surface area contributed by atoms with Gasteiger partial charge in [0.2, 0.25) is 0 Å². The van der Waals surface area contributed by atoms with E-state index in [1.165, 1.54) is 0 Å². The van der Waals surface area contributed by atoms with Gasteiger partial charge in [-0.2, -0.15) is 0 Å². The van der Waals surface area contributed by atoms with E-state index in [4.69, 9.17) is 0 Å². The zero-order valence-electron chi connectivity index (χ0n) is 12.0. The summed E-state index contributed by atoms with van der Waals surface area (Å²) < 4.78 is 0. The van der Waals surface area contributed by atoms with Crippen LogP contribution in [0.5, 0.6) is 0 Å². The molecule has 2 rings (SSSR count). The van der Waals surface area contributed by atoms with E-state index < -0.39 is 0 Å². The van der Waals surface area contributed by atoms with E-state index in [1.54, 1.807) is 12.3 Å². The van der Waals surface area contributed by atoms with Crippen molar-refractivity contribution < 1.29 is 4.79 Å². The molecule has 0 saturated carbocycles. The Hall–Kier alpha value is -2.36. The van der Waals surface area contributed by atoms with Gasteiger partial charge in [-0.25, -0.2) is 4.98 Å². The Balaban J connectivity index is 2.05. The summed E-state index contributed by atoms with van der Waals surface area (Å²) in [6.07, 6.45) is 1.60. The van der Waals surface area contributed by atoms with Gasteiger partial charge in [0.05, 0.1) is 11.6 Å². The molecule has 4 heteroatoms. The Morgan fingerprint density at radius 2 is 1.85 bits per heavy atom. The molecule has 2 aromatic rings. The van der Waals surface area contributed by atoms with Crippen LogP contribution in [0.1, 0.15) is 28.9 Å². The molecule has 4 nitrogen and oxygen atoms in total. The van der Waals surface area contributed by atoms with Gasteiger partial charge in [0.15, 0.2) is 0 Å². The molecule has 1 unspecified atom stereocenters. The second-order valence-electron chi connectivity index (χ2n) is 4.91. The van der Waals surface area contributed by atoms with E-state index in [0.29, 0.717) is 5.56 Å². The second kappa shape index (κ2) is 6.19. The highest BCUT2D eigenvalue weighted by Crippen LogP contribution is 2.13. The summed E-state index contributed by atoms with van der Waals surface area (Å²) in [5.74, 6) is 0.719. The third kappa shape index (κ3) is 3.35. The van der Waals surface area contributed by atoms with Crippen LogP contribution in [0.3, 0.4) is 0 Å². The number of amides is 1. The monoisotopic (exact) mass is 269 g/mol. The lowest BCUT2D eigenvalue weighted by atomic mass is 10.1. The van der Waals surface area contributed by atoms with Crippen LogP contribution in [-0.4, -0.2) is 25.0 Å². The van der Waals surface area contributed by atoms with Crippen LogP contribution >= 0.6 is 0 Å². The highest BCUT2D eigenvalue weighted by Gasteiger charge is 2.11. The fraction of sp³-hybridized carbons (Fsp3) is 0.250. The Bertz CT molecular complexity index is 564. The predicted molar refractivity (Wildman–Crippen MR) is 80.9 cm³/mol. The maximum Gasteiger partial charge on any atom is 0.253 e. The number of carbonyl (C=O) groups excluding carboxylic acids is 1. The number of rotatable bonds is 4. The van der Waals surface area contributed by atoms with Crippen LogP contribution in [0.2, 0.25) is 0 Å². The summed E-state index contributed by atoms with van der Waals surface area (Å²) >= 11 is 0. The van der Waals surface area contributed by atoms with Gasteiger partial charge in [0.25, 0.3) is 5.91 Å². The quantitative estimate of drug-likeness (QED) is 0.928. The number of pyridine rings is 1. The van der Waals surface area contributed by atoms with Crippen molar-refractivity contribution in [1.29, 1.82) is 0 Å². The van der Waals surface area contributed by atoms with E-state index >= 15 is 0 Å². The topological polar surface area (TPSA) is 45.2 Å². The summed E-state index contributed by atoms with van der Waals surface area (Å²) in [4.78, 5) is 18.3. The summed E-state index contributed by atoms with van der Waals surface area (Å²) in [5, 5.41) is 2.97. The van der Waals surface area contributed by atoms with Gasteiger partial charge >= 0.3 is 0 Å². The molecule has 0 fully saturated rings. The number of anilines is 1. The van der Waals surface area contributed by atoms with Crippen molar-refractivity contribution in [2.75, 3.05) is 19.0 Å². The van der Waals surface area contributed by atoms with E-state index in [-0.39, 0.29) is 11.9 Å². The Morgan fingerprint density at radius 3 is 2.40 bits per heavy atom. The molecule has 0 saturated heterocycles. The predicted octanol–water partition coefficient (Wildman–Crippen LogP) is 2.64. The molecular weight excluding hydrogens is 250 g/mol. The lowest BCUT2D eigenvalue weighted by Gasteiger charge is -2.15. The van der Waals surface area contributed by atoms with E-state index in [0.717, 1.165) is 11.4 Å². The summed E-state index contributed by atoms with van der Waals surface area (Å²) in [7, 11) is 3.83. The zero-order valence-corrected chi connectivity index (χ0v) is 12.0. The molecule has 104 valence electrons. The minimum Gasteiger partial charge on any atom is -0.363 e. The number of aromatic nitrogens is 1. The van der Waals surface area contributed by atoms with Crippen LogP contribution in [0.4, 0.5) is 5.82 Å². The first-order chi connectivity index (χ1) is 9.58. The summed E-state index contributed by atoms with van der Waals surface area (Å²) in [6, 6.07) is 13.5. The van der Waals surface area contributed by atoms with Gasteiger partial charge in [-0.1, -0.05) is 30.3 Å². The van der Waals surface area contributed by atoms with Crippen LogP contribution in [0.15, 0.2) is 48.7 Å². The molecule has 1 atom stereocenters. The average molecular weight is 269 g/mol. The van der Waals surface area contributed by atoms with Crippen molar-refractivity contribution in [3.05, 3.63) is 59.8 Å². The molecule has 0 aliphatic rings. The number of benzene rings is 1. The average Bonchev–Trinajstić information content (AvgIpc) is 2.48. The number of carbonyl (C=O) groups is 1. The molecular formula is C16H19N3O. The molecule has 1 amide bonds. The van der Waals surface area contributed by atoms with Crippen molar-refractivity contribution in [3.8, 4) is 0 Å². The van der Waals surface area contributed by atoms with Crippen LogP contribution in [0.25, 0.3) is 0 Å². The molecule has 0 bridgehead atoms. The molecule has 0 aliphatic carbocycles. The van der Waals surface area contributed by atoms with Crippen molar-refractivity contribution in [2.24, 2.45) is 0 Å². The maximum atomic E-state index is 12.1. The van der Waals surface area contributed by atoms with Crippen LogP contribution in [-0.2, 0) is 0 Å². The Kier molecular flexibility index (Phi) is 4.35. The molecule has 20 heavy (non-hydrogen) atoms. The number of nitrogens with zero attached hydrogens (tertiary/aromatic N) is 2. The van der Waals surface area contributed by atoms with Gasteiger partial charge in [0, 0.05) is 20.3 Å². The van der Waals surface area contributed by atoms with Crippen molar-refractivity contribution in [3.63, 3.8) is 0 Å². The van der Waals surface area contributed by atoms with E-state index in [9.17, 15) is 4.79 Å². The molecule has 1 heterocycles. The molecule has 0 radical (unpaired) electrons. The molecule has 0 spiro atoms. The van der Waals surface area contributed by atoms with Crippen molar-refractivity contribution in [1.82, 2.24) is 10.3 Å². The van der Waals surface area contributed by atoms with E-state index in [2.05, 4.69) is 10.3 Å². The lowest BCUT2D eigenvalue weighted by molar-refractivity contribution is 0.0939. The minimum absolute atomic E-state index is 0.0303. The number of hydrogen-bond donors (Lipinski definition) is 1. The molecule has 0 aliphatic heterocycles. The van der Waals surface area contributed by atoms with Gasteiger partial charge in [-0.3, -0.25) is 4.79 Å². The summed E-state index contributed by atoms with van der Waals surface area (Å²) in [6.45, 7) is 1.97. The highest BCUT2D eigenvalue weighted by atomic mass is 16.1. The van der Waals surface area contributed by atoms with Gasteiger partial charge in [0.1, 0.15) is 5.82 Å². The maximum absolute atomic E-state index is 12.1. The van der Waals surface area contributed by atoms with Crippen LogP contribution < -0.4 is 10.2 Å². The standard InChI is InChI=1S/C16H19N3O/c1-12(13-7-5-4-6-8-13)18-16(20)14-9-10-15(17-11-14)19(2)3/h4-12H,1-3H3,(H,18,20). The molecule has 1 aromatic carbocycles. The third-order valence-corrected chi connectivity index (χ3v) is 3.12. The summed E-state index contributed by atoms with van der Waals surface area (Å²) in [5.41, 5.74) is 1.65. The fourth-order valence-corrected chi connectivity index (χ4v) is 1.89. The first-order valence-corrected chi connectivity index (χ1v) is 6.57. The first-order valence-electron chi connectivity index (χ1n) is 6.57. The van der Waals surface area contributed by atoms with Crippen molar-refractivity contribution >= 4 is 11.7 Å². The van der Waals surface area contributed by atoms with Crippen molar-refractivity contribution in [2.45, 2.75) is 13.0 Å². The zero-order chi connectivity index (χ0) is 14.5. The normalized spacial score (nSPS) is 11.8. The Morgan fingerprint density at radius 1 is 1.15 bits per heavy atom. The van der Waals surface area contributed by atoms with Gasteiger partial charge < -0.3 is 10.2 Å². The number of hydrogen-bond acceptors (Lipinski definition) is 3. The second-order valence-corrected chi connectivity index (χ2v) is 4.91. The van der Waals surface area contributed by atoms with Gasteiger partial charge in [-0.05, 0) is 24.6 Å². The smallest absolute Gasteiger partial charge is 0.253 e. The minimum atomic E-state index is -0.112. The molecule has 1 N–H and O–H groups in total.